The zero-order chi connectivity index (χ0) is 16.7. The summed E-state index contributed by atoms with van der Waals surface area (Å²) in [6.45, 7) is 0. The van der Waals surface area contributed by atoms with Crippen LogP contribution in [0.4, 0.5) is 0 Å². The molecule has 4 rings (SSSR count). The predicted octanol–water partition coefficient (Wildman–Crippen LogP) is 3.79. The van der Waals surface area contributed by atoms with Gasteiger partial charge in [0.1, 0.15) is 23.1 Å². The van der Waals surface area contributed by atoms with Gasteiger partial charge in [0, 0.05) is 10.9 Å². The summed E-state index contributed by atoms with van der Waals surface area (Å²) < 4.78 is 7.06. The first-order valence-corrected chi connectivity index (χ1v) is 7.79. The second kappa shape index (κ2) is 5.78. The van der Waals surface area contributed by atoms with Gasteiger partial charge in [-0.2, -0.15) is 0 Å². The molecule has 0 fully saturated rings. The Balaban J connectivity index is 2.09. The average Bonchev–Trinajstić information content (AvgIpc) is 2.97. The number of halogens is 1. The number of hydrogen-bond acceptors (Lipinski definition) is 4. The molecule has 120 valence electrons. The van der Waals surface area contributed by atoms with Crippen LogP contribution in [0.3, 0.4) is 0 Å². The van der Waals surface area contributed by atoms with Crippen LogP contribution in [0.5, 0.6) is 5.75 Å². The molecule has 2 aromatic heterocycles. The molecule has 0 amide bonds. The van der Waals surface area contributed by atoms with Crippen molar-refractivity contribution in [2.45, 2.75) is 6.23 Å². The van der Waals surface area contributed by atoms with Crippen LogP contribution in [-0.4, -0.2) is 26.8 Å². The van der Waals surface area contributed by atoms with Crippen molar-refractivity contribution in [3.63, 3.8) is 0 Å². The fraction of sp³-hybridized carbons (Fsp3) is 0.111. The number of aliphatic hydroxyl groups excluding tert-OH is 1. The number of benzene rings is 2. The van der Waals surface area contributed by atoms with E-state index in [0.29, 0.717) is 21.9 Å². The van der Waals surface area contributed by atoms with E-state index in [4.69, 9.17) is 16.3 Å². The fourth-order valence-electron chi connectivity index (χ4n) is 2.96. The van der Waals surface area contributed by atoms with Crippen LogP contribution in [0.15, 0.2) is 54.9 Å². The van der Waals surface area contributed by atoms with E-state index in [-0.39, 0.29) is 0 Å². The molecule has 0 saturated heterocycles. The van der Waals surface area contributed by atoms with E-state index in [1.165, 1.54) is 6.33 Å². The third-order valence-corrected chi connectivity index (χ3v) is 4.36. The van der Waals surface area contributed by atoms with E-state index >= 15 is 0 Å². The lowest BCUT2D eigenvalue weighted by atomic mass is 10.2. The second-order valence-electron chi connectivity index (χ2n) is 5.40. The zero-order valence-electron chi connectivity index (χ0n) is 12.8. The fourth-order valence-corrected chi connectivity index (χ4v) is 3.18. The van der Waals surface area contributed by atoms with Gasteiger partial charge in [-0.15, -0.1) is 0 Å². The minimum Gasteiger partial charge on any atom is -0.497 e. The molecule has 6 heteroatoms. The molecule has 5 nitrogen and oxygen atoms in total. The first kappa shape index (κ1) is 14.9. The van der Waals surface area contributed by atoms with Crippen molar-refractivity contribution in [3.05, 3.63) is 65.6 Å². The molecule has 0 aliphatic carbocycles. The maximum Gasteiger partial charge on any atom is 0.157 e. The summed E-state index contributed by atoms with van der Waals surface area (Å²) in [5.74, 6) is 0.713. The number of aliphatic hydroxyl groups is 1. The molecular weight excluding hydrogens is 326 g/mol. The quantitative estimate of drug-likeness (QED) is 0.577. The van der Waals surface area contributed by atoms with Gasteiger partial charge in [-0.1, -0.05) is 41.9 Å². The number of ether oxygens (including phenoxy) is 1. The van der Waals surface area contributed by atoms with Crippen molar-refractivity contribution in [2.24, 2.45) is 0 Å². The van der Waals surface area contributed by atoms with Gasteiger partial charge in [0.25, 0.3) is 0 Å². The van der Waals surface area contributed by atoms with Crippen LogP contribution in [0.2, 0.25) is 5.15 Å². The first-order chi connectivity index (χ1) is 11.7. The Bertz CT molecular complexity index is 1030. The molecule has 1 unspecified atom stereocenters. The van der Waals surface area contributed by atoms with E-state index in [1.807, 2.05) is 48.5 Å². The van der Waals surface area contributed by atoms with Crippen molar-refractivity contribution >= 4 is 33.5 Å². The van der Waals surface area contributed by atoms with Crippen LogP contribution in [0, 0.1) is 0 Å². The Kier molecular flexibility index (Phi) is 3.59. The molecule has 0 spiro atoms. The molecule has 2 aromatic carbocycles. The summed E-state index contributed by atoms with van der Waals surface area (Å²) in [5.41, 5.74) is 2.84. The molecule has 1 N–H and O–H groups in total. The number of aromatic nitrogens is 3. The highest BCUT2D eigenvalue weighted by Crippen LogP contribution is 2.36. The van der Waals surface area contributed by atoms with Crippen LogP contribution in [-0.2, 0) is 0 Å². The van der Waals surface area contributed by atoms with Crippen LogP contribution in [0.1, 0.15) is 11.8 Å². The van der Waals surface area contributed by atoms with Gasteiger partial charge < -0.3 is 14.4 Å². The van der Waals surface area contributed by atoms with Crippen LogP contribution < -0.4 is 4.74 Å². The molecule has 0 radical (unpaired) electrons. The monoisotopic (exact) mass is 339 g/mol. The van der Waals surface area contributed by atoms with Gasteiger partial charge in [0.05, 0.1) is 12.6 Å². The number of rotatable bonds is 3. The summed E-state index contributed by atoms with van der Waals surface area (Å²) in [5, 5.41) is 12.1. The highest BCUT2D eigenvalue weighted by atomic mass is 35.5. The molecule has 0 aliphatic heterocycles. The van der Waals surface area contributed by atoms with Crippen molar-refractivity contribution < 1.29 is 9.84 Å². The third-order valence-electron chi connectivity index (χ3n) is 4.08. The number of fused-ring (bicyclic) bond motifs is 3. The molecule has 0 saturated carbocycles. The van der Waals surface area contributed by atoms with Gasteiger partial charge in [0.15, 0.2) is 11.4 Å². The number of hydrogen-bond donors (Lipinski definition) is 1. The summed E-state index contributed by atoms with van der Waals surface area (Å²) >= 11 is 6.32. The first-order valence-electron chi connectivity index (χ1n) is 7.42. The van der Waals surface area contributed by atoms with Gasteiger partial charge in [-0.3, -0.25) is 0 Å². The second-order valence-corrected chi connectivity index (χ2v) is 5.76. The molecule has 0 bridgehead atoms. The lowest BCUT2D eigenvalue weighted by molar-refractivity contribution is 0.155. The maximum absolute atomic E-state index is 10.9. The molecule has 24 heavy (non-hydrogen) atoms. The molecule has 4 aromatic rings. The van der Waals surface area contributed by atoms with Crippen molar-refractivity contribution in [1.29, 1.82) is 0 Å². The maximum atomic E-state index is 10.9. The van der Waals surface area contributed by atoms with E-state index in [1.54, 1.807) is 11.7 Å². The van der Waals surface area contributed by atoms with E-state index in [2.05, 4.69) is 9.97 Å². The van der Waals surface area contributed by atoms with Gasteiger partial charge in [-0.25, -0.2) is 9.97 Å². The summed E-state index contributed by atoms with van der Waals surface area (Å²) in [6.07, 6.45) is 0.520. The smallest absolute Gasteiger partial charge is 0.157 e. The third kappa shape index (κ3) is 2.21. The molecule has 1 atom stereocenters. The van der Waals surface area contributed by atoms with Gasteiger partial charge in [0.2, 0.25) is 0 Å². The summed E-state index contributed by atoms with van der Waals surface area (Å²) in [6, 6.07) is 15.0. The number of nitrogens with zero attached hydrogens (tertiary/aromatic N) is 3. The Morgan fingerprint density at radius 2 is 1.92 bits per heavy atom. The van der Waals surface area contributed by atoms with Gasteiger partial charge in [-0.05, 0) is 18.2 Å². The lowest BCUT2D eigenvalue weighted by Gasteiger charge is -2.16. The zero-order valence-corrected chi connectivity index (χ0v) is 13.6. The Labute approximate surface area is 143 Å². The van der Waals surface area contributed by atoms with E-state index in [0.717, 1.165) is 16.5 Å². The Morgan fingerprint density at radius 3 is 2.67 bits per heavy atom. The van der Waals surface area contributed by atoms with Crippen molar-refractivity contribution in [3.8, 4) is 5.75 Å². The SMILES string of the molecule is COc1ccc2c(c1)c1ncnc(Cl)c1n2C(O)c1ccccc1. The summed E-state index contributed by atoms with van der Waals surface area (Å²) in [4.78, 5) is 8.43. The molecule has 2 heterocycles. The highest BCUT2D eigenvalue weighted by molar-refractivity contribution is 6.34. The normalized spacial score (nSPS) is 12.6. The van der Waals surface area contributed by atoms with Crippen molar-refractivity contribution in [1.82, 2.24) is 14.5 Å². The molecular formula is C18H14ClN3O2. The van der Waals surface area contributed by atoms with Crippen LogP contribution in [0.25, 0.3) is 21.9 Å². The Hall–Kier alpha value is -2.63. The molecule has 0 aliphatic rings. The topological polar surface area (TPSA) is 60.2 Å². The minimum atomic E-state index is -0.900. The van der Waals surface area contributed by atoms with Crippen LogP contribution >= 0.6 is 11.6 Å². The van der Waals surface area contributed by atoms with Gasteiger partial charge >= 0.3 is 0 Å². The number of methoxy groups -OCH3 is 1. The average molecular weight is 340 g/mol. The largest absolute Gasteiger partial charge is 0.497 e. The summed E-state index contributed by atoms with van der Waals surface area (Å²) in [7, 11) is 1.61. The Morgan fingerprint density at radius 1 is 1.12 bits per heavy atom. The highest BCUT2D eigenvalue weighted by Gasteiger charge is 2.21. The lowest BCUT2D eigenvalue weighted by Crippen LogP contribution is -2.09. The standard InChI is InChI=1S/C18H14ClN3O2/c1-24-12-7-8-14-13(9-12)15-16(17(19)21-10-20-15)22(14)18(23)11-5-3-2-4-6-11/h2-10,18,23H,1H3. The predicted molar refractivity (Wildman–Crippen MR) is 93.4 cm³/mol. The van der Waals surface area contributed by atoms with E-state index in [9.17, 15) is 5.11 Å². The van der Waals surface area contributed by atoms with E-state index < -0.39 is 6.23 Å². The van der Waals surface area contributed by atoms with Crippen molar-refractivity contribution in [2.75, 3.05) is 7.11 Å². The minimum absolute atomic E-state index is 0.296.